The molecule has 39 heavy (non-hydrogen) atoms. The Morgan fingerprint density at radius 1 is 1.18 bits per heavy atom. The average Bonchev–Trinajstić information content (AvgIpc) is 3.54. The van der Waals surface area contributed by atoms with Crippen molar-refractivity contribution in [3.8, 4) is 0 Å². The zero-order valence-corrected chi connectivity index (χ0v) is 23.0. The minimum absolute atomic E-state index is 0.0189. The normalized spacial score (nSPS) is 14.2. The fraction of sp³-hybridized carbons (Fsp3) is 0.318. The Hall–Kier alpha value is -3.83. The molecule has 0 saturated carbocycles. The van der Waals surface area contributed by atoms with Crippen LogP contribution in [0.15, 0.2) is 41.3 Å². The summed E-state index contributed by atoms with van der Waals surface area (Å²) in [5, 5.41) is 2.52. The number of hydrogen-bond acceptors (Lipinski definition) is 12. The van der Waals surface area contributed by atoms with Crippen LogP contribution in [0.5, 0.6) is 0 Å². The highest BCUT2D eigenvalue weighted by atomic mass is 32.2. The molecule has 0 unspecified atom stereocenters. The fourth-order valence-corrected chi connectivity index (χ4v) is 6.82. The monoisotopic (exact) mass is 590 g/mol. The molecule has 1 fully saturated rings. The number of carbonyl (C=O) groups excluding carboxylic acids is 3. The molecule has 4 aromatic rings. The third-order valence-corrected chi connectivity index (χ3v) is 9.55. The van der Waals surface area contributed by atoms with E-state index in [1.807, 2.05) is 6.26 Å². The molecule has 1 aromatic carbocycles. The van der Waals surface area contributed by atoms with Crippen LogP contribution in [0.2, 0.25) is 0 Å². The number of thioether (sulfide) groups is 1. The van der Waals surface area contributed by atoms with Crippen LogP contribution in [0, 0.1) is 0 Å². The molecule has 3 aromatic heterocycles. The number of anilines is 1. The summed E-state index contributed by atoms with van der Waals surface area (Å²) in [5.41, 5.74) is 1.08. The van der Waals surface area contributed by atoms with Gasteiger partial charge in [0.15, 0.2) is 17.0 Å². The summed E-state index contributed by atoms with van der Waals surface area (Å²) in [5.74, 6) is -0.375. The second kappa shape index (κ2) is 11.1. The molecule has 0 spiro atoms. The smallest absolute Gasteiger partial charge is 0.412 e. The van der Waals surface area contributed by atoms with Crippen molar-refractivity contribution in [2.45, 2.75) is 10.9 Å². The van der Waals surface area contributed by atoms with E-state index in [0.29, 0.717) is 21.6 Å². The Balaban J connectivity index is 1.25. The summed E-state index contributed by atoms with van der Waals surface area (Å²) in [6.07, 6.45) is 3.80. The molecule has 0 bridgehead atoms. The fourth-order valence-electron chi connectivity index (χ4n) is 3.86. The number of nitrogens with zero attached hydrogens (tertiary/aromatic N) is 7. The van der Waals surface area contributed by atoms with Gasteiger partial charge in [0.2, 0.25) is 10.2 Å². The molecule has 0 aliphatic carbocycles. The van der Waals surface area contributed by atoms with E-state index in [4.69, 9.17) is 4.74 Å². The largest absolute Gasteiger partial charge is 0.448 e. The van der Waals surface area contributed by atoms with E-state index in [9.17, 15) is 22.8 Å². The summed E-state index contributed by atoms with van der Waals surface area (Å²) >= 11 is 2.53. The minimum Gasteiger partial charge on any atom is -0.448 e. The molecule has 17 heteroatoms. The lowest BCUT2D eigenvalue weighted by Crippen LogP contribution is -2.54. The molecule has 5 rings (SSSR count). The Morgan fingerprint density at radius 3 is 2.77 bits per heavy atom. The molecule has 14 nitrogen and oxygen atoms in total. The van der Waals surface area contributed by atoms with Crippen LogP contribution in [0.1, 0.15) is 0 Å². The number of thiazole rings is 1. The Labute approximate surface area is 230 Å². The number of sulfonamides is 1. The van der Waals surface area contributed by atoms with Gasteiger partial charge in [-0.1, -0.05) is 12.1 Å². The van der Waals surface area contributed by atoms with Gasteiger partial charge in [0.1, 0.15) is 26.0 Å². The number of para-hydroxylation sites is 1. The maximum atomic E-state index is 13.1. The SMILES string of the molecule is CSCCOC(=O)Nc1ncnc2c1ncn2CC(=O)N1CCN(S(=O)(=O)c2nc3ccccc3s2)C(=O)C1. The van der Waals surface area contributed by atoms with Gasteiger partial charge < -0.3 is 14.2 Å². The summed E-state index contributed by atoms with van der Waals surface area (Å²) in [7, 11) is -4.15. The van der Waals surface area contributed by atoms with Gasteiger partial charge in [-0.25, -0.2) is 29.0 Å². The molecular weight excluding hydrogens is 568 g/mol. The Bertz CT molecular complexity index is 1640. The van der Waals surface area contributed by atoms with Crippen LogP contribution >= 0.6 is 23.1 Å². The van der Waals surface area contributed by atoms with E-state index in [-0.39, 0.29) is 41.9 Å². The van der Waals surface area contributed by atoms with Crippen LogP contribution in [0.25, 0.3) is 21.4 Å². The quantitative estimate of drug-likeness (QED) is 0.294. The first-order chi connectivity index (χ1) is 18.8. The number of imidazole rings is 1. The highest BCUT2D eigenvalue weighted by molar-refractivity contribution is 7.98. The maximum absolute atomic E-state index is 13.1. The number of benzene rings is 1. The van der Waals surface area contributed by atoms with Gasteiger partial charge in [-0.05, 0) is 18.4 Å². The summed E-state index contributed by atoms with van der Waals surface area (Å²) in [6.45, 7) is -0.548. The lowest BCUT2D eigenvalue weighted by molar-refractivity contribution is -0.142. The topological polar surface area (TPSA) is 170 Å². The standard InChI is InChI=1S/C22H22N8O6S3/c1-37-9-8-36-21(33)27-19-18-20(24-12-23-19)29(13-25-18)10-16(31)28-6-7-30(17(32)11-28)39(34,35)22-26-14-4-2-3-5-15(14)38-22/h2-5,12-13H,6-11H2,1H3,(H,23,24,27,33). The highest BCUT2D eigenvalue weighted by Gasteiger charge is 2.37. The highest BCUT2D eigenvalue weighted by Crippen LogP contribution is 2.28. The first kappa shape index (κ1) is 26.8. The number of hydrogen-bond donors (Lipinski definition) is 1. The van der Waals surface area contributed by atoms with E-state index >= 15 is 0 Å². The first-order valence-electron chi connectivity index (χ1n) is 11.6. The summed E-state index contributed by atoms with van der Waals surface area (Å²) < 4.78 is 34.0. The molecule has 1 N–H and O–H groups in total. The van der Waals surface area contributed by atoms with Crippen molar-refractivity contribution in [1.82, 2.24) is 33.7 Å². The maximum Gasteiger partial charge on any atom is 0.412 e. The Kier molecular flexibility index (Phi) is 7.62. The molecule has 4 heterocycles. The van der Waals surface area contributed by atoms with Crippen LogP contribution < -0.4 is 5.32 Å². The second-order valence-corrected chi connectivity index (χ2v) is 12.3. The van der Waals surface area contributed by atoms with E-state index in [2.05, 4.69) is 25.3 Å². The molecule has 3 amide bonds. The number of nitrogens with one attached hydrogen (secondary N) is 1. The number of ether oxygens (including phenoxy) is 1. The number of carbonyl (C=O) groups is 3. The van der Waals surface area contributed by atoms with Crippen LogP contribution in [0.3, 0.4) is 0 Å². The molecule has 204 valence electrons. The Morgan fingerprint density at radius 2 is 2.00 bits per heavy atom. The minimum atomic E-state index is -4.15. The van der Waals surface area contributed by atoms with E-state index < -0.39 is 34.5 Å². The van der Waals surface area contributed by atoms with Gasteiger partial charge in [-0.3, -0.25) is 14.9 Å². The van der Waals surface area contributed by atoms with Crippen molar-refractivity contribution >= 4 is 78.2 Å². The van der Waals surface area contributed by atoms with E-state index in [0.717, 1.165) is 15.6 Å². The number of amides is 3. The summed E-state index contributed by atoms with van der Waals surface area (Å²) in [6, 6.07) is 6.99. The molecule has 0 atom stereocenters. The van der Waals surface area contributed by atoms with E-state index in [1.165, 1.54) is 33.9 Å². The summed E-state index contributed by atoms with van der Waals surface area (Å²) in [4.78, 5) is 55.7. The number of rotatable bonds is 8. The van der Waals surface area contributed by atoms with Crippen molar-refractivity contribution in [1.29, 1.82) is 0 Å². The third kappa shape index (κ3) is 5.50. The van der Waals surface area contributed by atoms with Gasteiger partial charge >= 0.3 is 6.09 Å². The number of piperazine rings is 1. The van der Waals surface area contributed by atoms with Crippen LogP contribution in [0.4, 0.5) is 10.6 Å². The lowest BCUT2D eigenvalue weighted by atomic mass is 10.3. The second-order valence-electron chi connectivity index (χ2n) is 8.25. The molecule has 1 saturated heterocycles. The predicted octanol–water partition coefficient (Wildman–Crippen LogP) is 1.41. The van der Waals surface area contributed by atoms with Crippen molar-refractivity contribution in [2.75, 3.05) is 43.6 Å². The first-order valence-corrected chi connectivity index (χ1v) is 15.2. The predicted molar refractivity (Wildman–Crippen MR) is 144 cm³/mol. The van der Waals surface area contributed by atoms with Gasteiger partial charge in [0.25, 0.3) is 15.9 Å². The lowest BCUT2D eigenvalue weighted by Gasteiger charge is -2.33. The van der Waals surface area contributed by atoms with Crippen molar-refractivity contribution in [3.05, 3.63) is 36.9 Å². The average molecular weight is 591 g/mol. The van der Waals surface area contributed by atoms with Gasteiger partial charge in [0.05, 0.1) is 23.1 Å². The molecular formula is C22H22N8O6S3. The zero-order chi connectivity index (χ0) is 27.6. The van der Waals surface area contributed by atoms with Gasteiger partial charge in [-0.2, -0.15) is 20.2 Å². The third-order valence-electron chi connectivity index (χ3n) is 5.76. The van der Waals surface area contributed by atoms with Gasteiger partial charge in [0, 0.05) is 12.3 Å². The van der Waals surface area contributed by atoms with E-state index in [1.54, 1.807) is 24.3 Å². The molecule has 1 aliphatic rings. The number of fused-ring (bicyclic) bond motifs is 2. The van der Waals surface area contributed by atoms with Crippen LogP contribution in [-0.4, -0.2) is 98.3 Å². The van der Waals surface area contributed by atoms with Crippen molar-refractivity contribution in [3.63, 3.8) is 0 Å². The molecule has 1 aliphatic heterocycles. The van der Waals surface area contributed by atoms with Crippen molar-refractivity contribution in [2.24, 2.45) is 0 Å². The van der Waals surface area contributed by atoms with Crippen LogP contribution in [-0.2, 0) is 30.9 Å². The van der Waals surface area contributed by atoms with Gasteiger partial charge in [-0.15, -0.1) is 11.3 Å². The number of aromatic nitrogens is 5. The zero-order valence-electron chi connectivity index (χ0n) is 20.5. The molecule has 0 radical (unpaired) electrons. The van der Waals surface area contributed by atoms with Crippen molar-refractivity contribution < 1.29 is 27.5 Å².